The lowest BCUT2D eigenvalue weighted by atomic mass is 10.3. The van der Waals surface area contributed by atoms with Gasteiger partial charge in [0.1, 0.15) is 27.4 Å². The summed E-state index contributed by atoms with van der Waals surface area (Å²) in [6, 6.07) is 1.71. The minimum absolute atomic E-state index is 0.256. The summed E-state index contributed by atoms with van der Waals surface area (Å²) in [4.78, 5) is 22.8. The van der Waals surface area contributed by atoms with Gasteiger partial charge < -0.3 is 20.2 Å². The monoisotopic (exact) mass is 328 g/mol. The summed E-state index contributed by atoms with van der Waals surface area (Å²) in [7, 11) is 0. The Bertz CT molecular complexity index is 720. The van der Waals surface area contributed by atoms with Crippen LogP contribution in [0.4, 0.5) is 0 Å². The molecule has 0 unspecified atom stereocenters. The quantitative estimate of drug-likeness (QED) is 0.631. The first kappa shape index (κ1) is 15.2. The van der Waals surface area contributed by atoms with Crippen molar-refractivity contribution in [2.24, 2.45) is 5.73 Å². The number of H-pyrrole nitrogens is 2. The lowest BCUT2D eigenvalue weighted by Crippen LogP contribution is -1.92. The number of aromatic nitrogens is 5. The maximum absolute atomic E-state index is 9.92. The number of aromatic amines is 2. The first-order chi connectivity index (χ1) is 10.2. The summed E-state index contributed by atoms with van der Waals surface area (Å²) in [5.41, 5.74) is 6.78. The third-order valence-electron chi connectivity index (χ3n) is 2.33. The molecule has 0 aliphatic carbocycles. The molecule has 0 aliphatic heterocycles. The topological polar surface area (TPSA) is 126 Å². The highest BCUT2D eigenvalue weighted by atomic mass is 35.5. The molecule has 110 valence electrons. The number of nitrogens with one attached hydrogen (secondary N) is 2. The number of hydrogen-bond donors (Lipinski definition) is 3. The van der Waals surface area contributed by atoms with Crippen LogP contribution in [0, 0.1) is 0 Å². The normalized spacial score (nSPS) is 10.0. The van der Waals surface area contributed by atoms with Crippen molar-refractivity contribution < 1.29 is 9.32 Å². The van der Waals surface area contributed by atoms with Gasteiger partial charge in [0, 0.05) is 6.07 Å². The number of hydrogen-bond acceptors (Lipinski definition) is 6. The van der Waals surface area contributed by atoms with Crippen molar-refractivity contribution in [1.82, 2.24) is 25.1 Å². The van der Waals surface area contributed by atoms with E-state index in [0.29, 0.717) is 40.3 Å². The third-order valence-corrected chi connectivity index (χ3v) is 2.92. The van der Waals surface area contributed by atoms with Gasteiger partial charge in [-0.25, -0.2) is 9.97 Å². The highest BCUT2D eigenvalue weighted by molar-refractivity contribution is 6.31. The molecule has 0 radical (unpaired) electrons. The molecular weight excluding hydrogens is 319 g/mol. The van der Waals surface area contributed by atoms with Crippen molar-refractivity contribution in [2.75, 3.05) is 0 Å². The Kier molecular flexibility index (Phi) is 5.09. The smallest absolute Gasteiger partial charge is 0.171 e. The maximum atomic E-state index is 9.92. The minimum Gasteiger partial charge on any atom is -0.359 e. The van der Waals surface area contributed by atoms with Crippen LogP contribution in [-0.4, -0.2) is 31.4 Å². The van der Waals surface area contributed by atoms with E-state index in [1.165, 1.54) is 12.7 Å². The predicted octanol–water partition coefficient (Wildman–Crippen LogP) is 2.05. The van der Waals surface area contributed by atoms with Crippen LogP contribution in [0.25, 0.3) is 11.4 Å². The fourth-order valence-corrected chi connectivity index (χ4v) is 1.69. The van der Waals surface area contributed by atoms with Crippen LogP contribution in [0.5, 0.6) is 0 Å². The van der Waals surface area contributed by atoms with Crippen LogP contribution in [0.15, 0.2) is 23.2 Å². The molecule has 3 aromatic rings. The Morgan fingerprint density at radius 3 is 2.38 bits per heavy atom. The predicted molar refractivity (Wildman–Crippen MR) is 76.0 cm³/mol. The van der Waals surface area contributed by atoms with Crippen molar-refractivity contribution in [3.8, 4) is 11.4 Å². The second kappa shape index (κ2) is 7.02. The maximum Gasteiger partial charge on any atom is 0.171 e. The van der Waals surface area contributed by atoms with Crippen molar-refractivity contribution >= 4 is 29.5 Å². The lowest BCUT2D eigenvalue weighted by Gasteiger charge is -1.86. The zero-order chi connectivity index (χ0) is 15.2. The number of nitrogens with zero attached hydrogens (tertiary/aromatic N) is 3. The molecule has 0 aromatic carbocycles. The summed E-state index contributed by atoms with van der Waals surface area (Å²) in [6.45, 7) is 0.315. The van der Waals surface area contributed by atoms with E-state index in [9.17, 15) is 4.79 Å². The number of aldehydes is 1. The van der Waals surface area contributed by atoms with Crippen molar-refractivity contribution in [1.29, 1.82) is 0 Å². The van der Waals surface area contributed by atoms with Gasteiger partial charge in [0.15, 0.2) is 12.0 Å². The number of halogens is 2. The second-order valence-electron chi connectivity index (χ2n) is 3.67. The zero-order valence-corrected chi connectivity index (χ0v) is 12.0. The lowest BCUT2D eigenvalue weighted by molar-refractivity contribution is 0.111. The molecular formula is C11H10Cl2N6O2. The van der Waals surface area contributed by atoms with E-state index in [1.54, 1.807) is 6.07 Å². The molecule has 0 aliphatic rings. The molecule has 3 rings (SSSR count). The molecule has 0 spiro atoms. The molecule has 0 fully saturated rings. The zero-order valence-electron chi connectivity index (χ0n) is 10.5. The molecule has 8 nitrogen and oxygen atoms in total. The number of imidazole rings is 2. The molecule has 0 atom stereocenters. The van der Waals surface area contributed by atoms with Gasteiger partial charge in [0.2, 0.25) is 0 Å². The summed E-state index contributed by atoms with van der Waals surface area (Å²) >= 11 is 11.2. The van der Waals surface area contributed by atoms with Gasteiger partial charge in [-0.05, 0) is 0 Å². The van der Waals surface area contributed by atoms with Gasteiger partial charge in [-0.1, -0.05) is 28.4 Å². The molecule has 0 bridgehead atoms. The summed E-state index contributed by atoms with van der Waals surface area (Å²) in [5, 5.41) is 4.50. The van der Waals surface area contributed by atoms with Crippen LogP contribution >= 0.6 is 23.2 Å². The SMILES string of the molecule is NCc1cc(-c2nc[nH]c2Cl)no1.O=Cc1nc[nH]c1Cl. The van der Waals surface area contributed by atoms with Crippen LogP contribution in [0.1, 0.15) is 16.2 Å². The van der Waals surface area contributed by atoms with Crippen LogP contribution in [0.2, 0.25) is 10.3 Å². The summed E-state index contributed by atoms with van der Waals surface area (Å²) in [6.07, 6.45) is 3.46. The van der Waals surface area contributed by atoms with E-state index < -0.39 is 0 Å². The number of rotatable bonds is 3. The Morgan fingerprint density at radius 2 is 1.95 bits per heavy atom. The average Bonchev–Trinajstić information content (AvgIpc) is 3.19. The molecule has 21 heavy (non-hydrogen) atoms. The fourth-order valence-electron chi connectivity index (χ4n) is 1.35. The highest BCUT2D eigenvalue weighted by Crippen LogP contribution is 2.23. The van der Waals surface area contributed by atoms with Gasteiger partial charge in [0.25, 0.3) is 0 Å². The van der Waals surface area contributed by atoms with Gasteiger partial charge in [-0.3, -0.25) is 4.79 Å². The molecule has 3 heterocycles. The Hall–Kier alpha value is -2.16. The third kappa shape index (κ3) is 3.69. The number of nitrogens with two attached hydrogens (primary N) is 1. The van der Waals surface area contributed by atoms with Crippen LogP contribution in [-0.2, 0) is 6.54 Å². The molecule has 4 N–H and O–H groups in total. The minimum atomic E-state index is 0.256. The van der Waals surface area contributed by atoms with Crippen molar-refractivity contribution in [2.45, 2.75) is 6.54 Å². The highest BCUT2D eigenvalue weighted by Gasteiger charge is 2.11. The first-order valence-corrected chi connectivity index (χ1v) is 6.40. The largest absolute Gasteiger partial charge is 0.359 e. The Labute approximate surface area is 128 Å². The van der Waals surface area contributed by atoms with Gasteiger partial charge in [-0.2, -0.15) is 0 Å². The van der Waals surface area contributed by atoms with Gasteiger partial charge in [0.05, 0.1) is 19.2 Å². The van der Waals surface area contributed by atoms with Crippen LogP contribution in [0.3, 0.4) is 0 Å². The molecule has 10 heteroatoms. The van der Waals surface area contributed by atoms with E-state index in [-0.39, 0.29) is 5.69 Å². The first-order valence-electron chi connectivity index (χ1n) is 5.64. The van der Waals surface area contributed by atoms with Gasteiger partial charge in [-0.15, -0.1) is 0 Å². The Balaban J connectivity index is 0.000000173. The van der Waals surface area contributed by atoms with Crippen LogP contribution < -0.4 is 5.73 Å². The summed E-state index contributed by atoms with van der Waals surface area (Å²) in [5.74, 6) is 0.606. The van der Waals surface area contributed by atoms with E-state index in [1.807, 2.05) is 0 Å². The number of carbonyl (C=O) groups is 1. The van der Waals surface area contributed by atoms with E-state index in [4.69, 9.17) is 33.5 Å². The molecule has 3 aromatic heterocycles. The Morgan fingerprint density at radius 1 is 1.24 bits per heavy atom. The molecule has 0 amide bonds. The fraction of sp³-hybridized carbons (Fsp3) is 0.0909. The average molecular weight is 329 g/mol. The van der Waals surface area contributed by atoms with E-state index in [2.05, 4.69) is 25.1 Å². The molecule has 0 saturated carbocycles. The van der Waals surface area contributed by atoms with Crippen molar-refractivity contribution in [3.63, 3.8) is 0 Å². The standard InChI is InChI=1S/C7H7ClN4O.C4H3ClN2O/c8-7-6(10-3-11-7)5-1-4(2-9)13-12-5;5-4-3(1-8)6-2-7-4/h1,3H,2,9H2,(H,10,11);1-2H,(H,6,7). The second-order valence-corrected chi connectivity index (χ2v) is 4.42. The van der Waals surface area contributed by atoms with E-state index in [0.717, 1.165) is 0 Å². The number of carbonyl (C=O) groups excluding carboxylic acids is 1. The summed E-state index contributed by atoms with van der Waals surface area (Å²) < 4.78 is 4.91. The van der Waals surface area contributed by atoms with Gasteiger partial charge >= 0.3 is 0 Å². The molecule has 0 saturated heterocycles. The van der Waals surface area contributed by atoms with E-state index >= 15 is 0 Å². The van der Waals surface area contributed by atoms with Crippen molar-refractivity contribution in [3.05, 3.63) is 40.5 Å².